The van der Waals surface area contributed by atoms with E-state index in [2.05, 4.69) is 0 Å². The molecule has 1 atom stereocenters. The largest absolute Gasteiger partial charge is 0.433 e. The van der Waals surface area contributed by atoms with Crippen molar-refractivity contribution in [2.75, 3.05) is 24.6 Å². The van der Waals surface area contributed by atoms with Crippen molar-refractivity contribution in [2.24, 2.45) is 0 Å². The first-order chi connectivity index (χ1) is 13.6. The molecule has 1 aromatic heterocycles. The van der Waals surface area contributed by atoms with E-state index < -0.39 is 44.5 Å². The standard InChI is InChI=1S/C18H17F3N2O6/c1-10-9-27-17(29-10)2-4-22(5-3-17)15-8-14(24)12-6-11(18(19,20)21)7-13(23(25)26)16(12)28-15/h6-8,10H,2-5,9H2,1H3/t10-/m0/s1. The molecular formula is C18H17F3N2O6. The predicted octanol–water partition coefficient (Wildman–Crippen LogP) is 3.45. The molecule has 0 saturated carbocycles. The second kappa shape index (κ2) is 6.70. The van der Waals surface area contributed by atoms with E-state index in [1.165, 1.54) is 0 Å². The summed E-state index contributed by atoms with van der Waals surface area (Å²) >= 11 is 0. The van der Waals surface area contributed by atoms with Crippen LogP contribution in [0.2, 0.25) is 0 Å². The summed E-state index contributed by atoms with van der Waals surface area (Å²) in [5, 5.41) is 10.8. The summed E-state index contributed by atoms with van der Waals surface area (Å²) in [4.78, 5) is 24.5. The van der Waals surface area contributed by atoms with Gasteiger partial charge in [-0.2, -0.15) is 13.2 Å². The van der Waals surface area contributed by atoms with Crippen molar-refractivity contribution < 1.29 is 32.0 Å². The lowest BCUT2D eigenvalue weighted by atomic mass is 10.0. The number of non-ortho nitro benzene ring substituents is 1. The van der Waals surface area contributed by atoms with Gasteiger partial charge in [-0.3, -0.25) is 14.9 Å². The molecule has 0 bridgehead atoms. The molecule has 156 valence electrons. The third-order valence-corrected chi connectivity index (χ3v) is 5.15. The van der Waals surface area contributed by atoms with E-state index in [9.17, 15) is 28.1 Å². The Bertz CT molecular complexity index is 1030. The maximum Gasteiger partial charge on any atom is 0.416 e. The molecule has 11 heteroatoms. The van der Waals surface area contributed by atoms with E-state index in [-0.39, 0.29) is 12.0 Å². The first kappa shape index (κ1) is 19.6. The fourth-order valence-electron chi connectivity index (χ4n) is 3.72. The van der Waals surface area contributed by atoms with Gasteiger partial charge in [0.1, 0.15) is 0 Å². The third-order valence-electron chi connectivity index (χ3n) is 5.15. The van der Waals surface area contributed by atoms with E-state index in [4.69, 9.17) is 13.9 Å². The Morgan fingerprint density at radius 2 is 1.93 bits per heavy atom. The summed E-state index contributed by atoms with van der Waals surface area (Å²) in [6.07, 6.45) is -3.86. The van der Waals surface area contributed by atoms with Gasteiger partial charge in [-0.05, 0) is 13.0 Å². The predicted molar refractivity (Wildman–Crippen MR) is 94.8 cm³/mol. The zero-order chi connectivity index (χ0) is 21.0. The summed E-state index contributed by atoms with van der Waals surface area (Å²) in [5.74, 6) is -0.632. The number of anilines is 1. The molecule has 1 aromatic carbocycles. The van der Waals surface area contributed by atoms with Crippen LogP contribution in [0.1, 0.15) is 25.3 Å². The van der Waals surface area contributed by atoms with Crippen LogP contribution in [0.15, 0.2) is 27.4 Å². The number of nitro benzene ring substituents is 1. The highest BCUT2D eigenvalue weighted by Crippen LogP contribution is 2.38. The van der Waals surface area contributed by atoms with Crippen LogP contribution in [0.25, 0.3) is 11.0 Å². The van der Waals surface area contributed by atoms with Crippen molar-refractivity contribution in [3.05, 3.63) is 44.1 Å². The van der Waals surface area contributed by atoms with Crippen molar-refractivity contribution in [1.29, 1.82) is 0 Å². The van der Waals surface area contributed by atoms with E-state index in [0.29, 0.717) is 44.7 Å². The molecule has 0 N–H and O–H groups in total. The lowest BCUT2D eigenvalue weighted by Crippen LogP contribution is -2.45. The number of hydrogen-bond acceptors (Lipinski definition) is 7. The Morgan fingerprint density at radius 1 is 1.24 bits per heavy atom. The Morgan fingerprint density at radius 3 is 2.48 bits per heavy atom. The minimum absolute atomic E-state index is 0.0226. The van der Waals surface area contributed by atoms with Crippen molar-refractivity contribution in [3.8, 4) is 0 Å². The molecule has 0 amide bonds. The topological polar surface area (TPSA) is 95.0 Å². The summed E-state index contributed by atoms with van der Waals surface area (Å²) < 4.78 is 56.2. The number of nitro groups is 1. The minimum atomic E-state index is -4.83. The number of rotatable bonds is 2. The number of ether oxygens (including phenoxy) is 2. The average molecular weight is 414 g/mol. The zero-order valence-corrected chi connectivity index (χ0v) is 15.3. The van der Waals surface area contributed by atoms with Crippen LogP contribution in [0.5, 0.6) is 0 Å². The number of benzene rings is 1. The molecule has 0 radical (unpaired) electrons. The lowest BCUT2D eigenvalue weighted by Gasteiger charge is -2.38. The summed E-state index contributed by atoms with van der Waals surface area (Å²) in [5.41, 5.74) is -3.44. The number of halogens is 3. The van der Waals surface area contributed by atoms with E-state index in [1.54, 1.807) is 4.90 Å². The van der Waals surface area contributed by atoms with Gasteiger partial charge in [0.05, 0.1) is 28.6 Å². The van der Waals surface area contributed by atoms with Gasteiger partial charge in [-0.25, -0.2) is 0 Å². The number of piperidine rings is 1. The number of alkyl halides is 3. The van der Waals surface area contributed by atoms with Gasteiger partial charge in [0.2, 0.25) is 5.58 Å². The maximum absolute atomic E-state index is 13.0. The molecule has 4 rings (SSSR count). The van der Waals surface area contributed by atoms with Crippen molar-refractivity contribution >= 4 is 22.5 Å². The Labute approximate surface area is 161 Å². The van der Waals surface area contributed by atoms with Gasteiger partial charge in [-0.15, -0.1) is 0 Å². The van der Waals surface area contributed by atoms with Gasteiger partial charge in [-0.1, -0.05) is 0 Å². The number of fused-ring (bicyclic) bond motifs is 1. The second-order valence-corrected chi connectivity index (χ2v) is 7.21. The molecular weight excluding hydrogens is 397 g/mol. The molecule has 2 aliphatic rings. The van der Waals surface area contributed by atoms with Gasteiger partial charge in [0.15, 0.2) is 17.1 Å². The van der Waals surface area contributed by atoms with Gasteiger partial charge in [0, 0.05) is 38.1 Å². The molecule has 29 heavy (non-hydrogen) atoms. The van der Waals surface area contributed by atoms with Crippen LogP contribution in [0, 0.1) is 10.1 Å². The molecule has 1 spiro atoms. The highest BCUT2D eigenvalue weighted by molar-refractivity contribution is 5.87. The van der Waals surface area contributed by atoms with Crippen molar-refractivity contribution in [2.45, 2.75) is 37.8 Å². The van der Waals surface area contributed by atoms with Crippen LogP contribution >= 0.6 is 0 Å². The Balaban J connectivity index is 1.71. The third kappa shape index (κ3) is 3.55. The maximum atomic E-state index is 13.0. The average Bonchev–Trinajstić information content (AvgIpc) is 3.00. The molecule has 2 fully saturated rings. The summed E-state index contributed by atoms with van der Waals surface area (Å²) in [6, 6.07) is 2.01. The van der Waals surface area contributed by atoms with Gasteiger partial charge >= 0.3 is 11.9 Å². The number of hydrogen-bond donors (Lipinski definition) is 0. The smallest absolute Gasteiger partial charge is 0.416 e. The monoisotopic (exact) mass is 414 g/mol. The van der Waals surface area contributed by atoms with Crippen LogP contribution in [-0.2, 0) is 15.7 Å². The zero-order valence-electron chi connectivity index (χ0n) is 15.3. The summed E-state index contributed by atoms with van der Waals surface area (Å²) in [7, 11) is 0. The van der Waals surface area contributed by atoms with Gasteiger partial charge in [0.25, 0.3) is 0 Å². The highest BCUT2D eigenvalue weighted by atomic mass is 19.4. The minimum Gasteiger partial charge on any atom is -0.433 e. The van der Waals surface area contributed by atoms with E-state index in [1.807, 2.05) is 6.92 Å². The molecule has 0 unspecified atom stereocenters. The Kier molecular flexibility index (Phi) is 4.54. The highest BCUT2D eigenvalue weighted by Gasteiger charge is 2.43. The summed E-state index contributed by atoms with van der Waals surface area (Å²) in [6.45, 7) is 3.18. The molecule has 3 heterocycles. The molecule has 2 aliphatic heterocycles. The molecule has 0 aliphatic carbocycles. The van der Waals surface area contributed by atoms with Crippen molar-refractivity contribution in [1.82, 2.24) is 0 Å². The van der Waals surface area contributed by atoms with Gasteiger partial charge < -0.3 is 18.8 Å². The van der Waals surface area contributed by atoms with E-state index >= 15 is 0 Å². The van der Waals surface area contributed by atoms with Crippen molar-refractivity contribution in [3.63, 3.8) is 0 Å². The molecule has 2 saturated heterocycles. The molecule has 8 nitrogen and oxygen atoms in total. The Hall–Kier alpha value is -2.66. The fraction of sp³-hybridized carbons (Fsp3) is 0.500. The van der Waals surface area contributed by atoms with Crippen LogP contribution in [-0.4, -0.2) is 36.5 Å². The normalized spacial score (nSPS) is 21.8. The first-order valence-corrected chi connectivity index (χ1v) is 8.98. The SMILES string of the molecule is C[C@H]1COC2(CCN(c3cc(=O)c4cc(C(F)(F)F)cc([N+](=O)[O-])c4o3)CC2)O1. The van der Waals surface area contributed by atoms with Crippen LogP contribution < -0.4 is 10.3 Å². The molecule has 2 aromatic rings. The van der Waals surface area contributed by atoms with Crippen LogP contribution in [0.4, 0.5) is 24.7 Å². The quantitative estimate of drug-likeness (QED) is 0.549. The lowest BCUT2D eigenvalue weighted by molar-refractivity contribution is -0.383. The first-order valence-electron chi connectivity index (χ1n) is 8.98. The second-order valence-electron chi connectivity index (χ2n) is 7.21. The number of nitrogens with zero attached hydrogens (tertiary/aromatic N) is 2. The van der Waals surface area contributed by atoms with Crippen LogP contribution in [0.3, 0.4) is 0 Å². The van der Waals surface area contributed by atoms with E-state index in [0.717, 1.165) is 6.07 Å². The fourth-order valence-corrected chi connectivity index (χ4v) is 3.72.